The molecule has 1 heterocycles. The van der Waals surface area contributed by atoms with Gasteiger partial charge in [0.25, 0.3) is 0 Å². The zero-order valence-electron chi connectivity index (χ0n) is 17.4. The Kier molecular flexibility index (Phi) is 10.2. The molecule has 1 aromatic rings. The minimum Gasteiger partial charge on any atom is -0.355 e. The molecule has 1 saturated heterocycles. The summed E-state index contributed by atoms with van der Waals surface area (Å²) in [5, 5.41) is 6.51. The molecule has 0 bridgehead atoms. The molecule has 1 aliphatic rings. The van der Waals surface area contributed by atoms with Gasteiger partial charge >= 0.3 is 0 Å². The number of nitrogens with one attached hydrogen (secondary N) is 2. The molecular formula is C20H35IN4O2S. The first-order chi connectivity index (χ1) is 12.7. The molecule has 0 radical (unpaired) electrons. The molecule has 0 spiro atoms. The zero-order chi connectivity index (χ0) is 19.9. The molecule has 1 aromatic carbocycles. The van der Waals surface area contributed by atoms with Gasteiger partial charge in [-0.05, 0) is 52.3 Å². The van der Waals surface area contributed by atoms with E-state index in [1.807, 2.05) is 6.07 Å². The van der Waals surface area contributed by atoms with Gasteiger partial charge in [0.2, 0.25) is 0 Å². The number of rotatable bonds is 7. The average molecular weight is 522 g/mol. The topological polar surface area (TPSA) is 73.8 Å². The van der Waals surface area contributed by atoms with Gasteiger partial charge in [-0.2, -0.15) is 0 Å². The first kappa shape index (κ1) is 25.2. The lowest BCUT2D eigenvalue weighted by Gasteiger charge is -2.29. The first-order valence-corrected chi connectivity index (χ1v) is 11.4. The van der Waals surface area contributed by atoms with Crippen LogP contribution in [0.4, 0.5) is 0 Å². The highest BCUT2D eigenvalue weighted by molar-refractivity contribution is 14.0. The number of likely N-dealkylation sites (tertiary alicyclic amines) is 1. The lowest BCUT2D eigenvalue weighted by atomic mass is 10.1. The number of aliphatic imine (C=N–C) groups is 1. The summed E-state index contributed by atoms with van der Waals surface area (Å²) in [5.74, 6) is 0.727. The summed E-state index contributed by atoms with van der Waals surface area (Å²) in [7, 11) is -1.43. The van der Waals surface area contributed by atoms with Crippen molar-refractivity contribution in [2.45, 2.75) is 44.4 Å². The maximum Gasteiger partial charge on any atom is 0.191 e. The first-order valence-electron chi connectivity index (χ1n) is 9.70. The molecule has 1 fully saturated rings. The van der Waals surface area contributed by atoms with Gasteiger partial charge in [0, 0.05) is 20.1 Å². The van der Waals surface area contributed by atoms with Crippen molar-refractivity contribution in [3.63, 3.8) is 0 Å². The Morgan fingerprint density at radius 3 is 2.29 bits per heavy atom. The van der Waals surface area contributed by atoms with Crippen molar-refractivity contribution in [3.05, 3.63) is 35.9 Å². The largest absolute Gasteiger partial charge is 0.355 e. The fraction of sp³-hybridized carbons (Fsp3) is 0.650. The Balaban J connectivity index is 0.00000392. The number of hydrogen-bond donors (Lipinski definition) is 2. The van der Waals surface area contributed by atoms with E-state index in [2.05, 4.69) is 44.8 Å². The molecule has 160 valence electrons. The van der Waals surface area contributed by atoms with E-state index < -0.39 is 14.6 Å². The van der Waals surface area contributed by atoms with E-state index in [9.17, 15) is 8.42 Å². The summed E-state index contributed by atoms with van der Waals surface area (Å²) in [5.41, 5.74) is 1.29. The SMILES string of the molecule is CN=C(NCCS(=O)(=O)C(C)(C)C)NCC(c1ccccc1)N1CCCC1.I. The highest BCUT2D eigenvalue weighted by Gasteiger charge is 2.28. The van der Waals surface area contributed by atoms with Crippen LogP contribution in [0, 0.1) is 0 Å². The lowest BCUT2D eigenvalue weighted by Crippen LogP contribution is -2.44. The predicted molar refractivity (Wildman–Crippen MR) is 128 cm³/mol. The van der Waals surface area contributed by atoms with Gasteiger partial charge in [-0.1, -0.05) is 30.3 Å². The fourth-order valence-corrected chi connectivity index (χ4v) is 4.19. The van der Waals surface area contributed by atoms with Crippen LogP contribution in [0.3, 0.4) is 0 Å². The van der Waals surface area contributed by atoms with E-state index in [4.69, 9.17) is 0 Å². The van der Waals surface area contributed by atoms with Crippen molar-refractivity contribution in [1.29, 1.82) is 0 Å². The summed E-state index contributed by atoms with van der Waals surface area (Å²) in [6, 6.07) is 10.8. The molecule has 6 nitrogen and oxygen atoms in total. The van der Waals surface area contributed by atoms with Gasteiger partial charge in [0.1, 0.15) is 0 Å². The molecule has 1 unspecified atom stereocenters. The number of hydrogen-bond acceptors (Lipinski definition) is 4. The van der Waals surface area contributed by atoms with E-state index in [-0.39, 0.29) is 35.8 Å². The van der Waals surface area contributed by atoms with Gasteiger partial charge in [-0.15, -0.1) is 24.0 Å². The predicted octanol–water partition coefficient (Wildman–Crippen LogP) is 2.82. The van der Waals surface area contributed by atoms with Crippen molar-refractivity contribution in [3.8, 4) is 0 Å². The molecule has 1 atom stereocenters. The van der Waals surface area contributed by atoms with E-state index >= 15 is 0 Å². The van der Waals surface area contributed by atoms with Crippen LogP contribution in [-0.2, 0) is 9.84 Å². The molecule has 8 heteroatoms. The Bertz CT molecular complexity index is 711. The number of halogens is 1. The van der Waals surface area contributed by atoms with E-state index in [0.29, 0.717) is 12.5 Å². The Morgan fingerprint density at radius 2 is 1.75 bits per heavy atom. The van der Waals surface area contributed by atoms with Crippen LogP contribution < -0.4 is 10.6 Å². The molecular weight excluding hydrogens is 487 g/mol. The van der Waals surface area contributed by atoms with Crippen LogP contribution in [0.2, 0.25) is 0 Å². The lowest BCUT2D eigenvalue weighted by molar-refractivity contribution is 0.245. The second kappa shape index (κ2) is 11.3. The molecule has 0 saturated carbocycles. The zero-order valence-corrected chi connectivity index (χ0v) is 20.6. The smallest absolute Gasteiger partial charge is 0.191 e. The third-order valence-corrected chi connectivity index (χ3v) is 7.66. The normalized spacial score (nSPS) is 17.1. The summed E-state index contributed by atoms with van der Waals surface area (Å²) in [6.45, 7) is 8.49. The van der Waals surface area contributed by atoms with Crippen LogP contribution in [0.5, 0.6) is 0 Å². The van der Waals surface area contributed by atoms with E-state index in [1.54, 1.807) is 27.8 Å². The van der Waals surface area contributed by atoms with Crippen molar-refractivity contribution in [2.24, 2.45) is 4.99 Å². The Labute approximate surface area is 187 Å². The molecule has 0 amide bonds. The van der Waals surface area contributed by atoms with Crippen LogP contribution in [0.15, 0.2) is 35.3 Å². The molecule has 0 aliphatic carbocycles. The quantitative estimate of drug-likeness (QED) is 0.328. The maximum absolute atomic E-state index is 12.2. The summed E-state index contributed by atoms with van der Waals surface area (Å²) >= 11 is 0. The van der Waals surface area contributed by atoms with E-state index in [0.717, 1.165) is 19.6 Å². The highest BCUT2D eigenvalue weighted by atomic mass is 127. The van der Waals surface area contributed by atoms with Gasteiger partial charge in [-0.25, -0.2) is 8.42 Å². The van der Waals surface area contributed by atoms with Crippen LogP contribution >= 0.6 is 24.0 Å². The summed E-state index contributed by atoms with van der Waals surface area (Å²) in [6.07, 6.45) is 2.47. The van der Waals surface area contributed by atoms with Gasteiger partial charge < -0.3 is 10.6 Å². The van der Waals surface area contributed by atoms with E-state index in [1.165, 1.54) is 18.4 Å². The fourth-order valence-electron chi connectivity index (χ4n) is 3.21. The van der Waals surface area contributed by atoms with Gasteiger partial charge in [0.05, 0.1) is 16.5 Å². The average Bonchev–Trinajstić information content (AvgIpc) is 3.14. The standard InChI is InChI=1S/C20H34N4O2S.HI/c1-20(2,3)27(25,26)15-12-22-19(21-4)23-16-18(24-13-8-9-14-24)17-10-6-5-7-11-17;/h5-7,10-11,18H,8-9,12-16H2,1-4H3,(H2,21,22,23);1H. The molecule has 1 aliphatic heterocycles. The summed E-state index contributed by atoms with van der Waals surface area (Å²) < 4.78 is 23.7. The van der Waals surface area contributed by atoms with Crippen LogP contribution in [0.1, 0.15) is 45.2 Å². The number of benzene rings is 1. The van der Waals surface area contributed by atoms with Gasteiger partial charge in [-0.3, -0.25) is 9.89 Å². The number of sulfone groups is 1. The van der Waals surface area contributed by atoms with Crippen LogP contribution in [0.25, 0.3) is 0 Å². The van der Waals surface area contributed by atoms with Crippen LogP contribution in [-0.4, -0.2) is 63.0 Å². The number of nitrogens with zero attached hydrogens (tertiary/aromatic N) is 2. The monoisotopic (exact) mass is 522 g/mol. The minimum atomic E-state index is -3.14. The van der Waals surface area contributed by atoms with Crippen molar-refractivity contribution < 1.29 is 8.42 Å². The number of guanidine groups is 1. The van der Waals surface area contributed by atoms with Gasteiger partial charge in [0.15, 0.2) is 15.8 Å². The second-order valence-corrected chi connectivity index (χ2v) is 10.8. The Hall–Kier alpha value is -0.870. The summed E-state index contributed by atoms with van der Waals surface area (Å²) in [4.78, 5) is 6.74. The molecule has 2 N–H and O–H groups in total. The second-order valence-electron chi connectivity index (χ2n) is 7.98. The molecule has 2 rings (SSSR count). The molecule has 0 aromatic heterocycles. The Morgan fingerprint density at radius 1 is 1.14 bits per heavy atom. The third-order valence-electron chi connectivity index (χ3n) is 5.05. The maximum atomic E-state index is 12.2. The highest BCUT2D eigenvalue weighted by Crippen LogP contribution is 2.24. The van der Waals surface area contributed by atoms with Crippen molar-refractivity contribution in [1.82, 2.24) is 15.5 Å². The van der Waals surface area contributed by atoms with Crippen molar-refractivity contribution >= 4 is 39.8 Å². The van der Waals surface area contributed by atoms with Crippen molar-refractivity contribution in [2.75, 3.05) is 39.0 Å². The molecule has 28 heavy (non-hydrogen) atoms. The minimum absolute atomic E-state index is 0. The third kappa shape index (κ3) is 7.18.